The molecule has 1 rings (SSSR count). The zero-order valence-corrected chi connectivity index (χ0v) is 11.8. The van der Waals surface area contributed by atoms with E-state index in [9.17, 15) is 0 Å². The van der Waals surface area contributed by atoms with Gasteiger partial charge < -0.3 is 5.73 Å². The zero-order valence-electron chi connectivity index (χ0n) is 11.8. The molecule has 2 N–H and O–H groups in total. The SMILES string of the molecule is CCC(N)CCN1C(C)(C)CCCC1(C)C. The van der Waals surface area contributed by atoms with E-state index in [-0.39, 0.29) is 0 Å². The van der Waals surface area contributed by atoms with Gasteiger partial charge in [0, 0.05) is 23.7 Å². The first kappa shape index (κ1) is 14.0. The monoisotopic (exact) mass is 226 g/mol. The third-order valence-corrected chi connectivity index (χ3v) is 4.29. The topological polar surface area (TPSA) is 29.3 Å². The minimum absolute atomic E-state index is 0.342. The maximum Gasteiger partial charge on any atom is 0.0158 e. The van der Waals surface area contributed by atoms with Crippen molar-refractivity contribution in [2.75, 3.05) is 6.54 Å². The standard InChI is InChI=1S/C14H30N2/c1-6-12(15)8-11-16-13(2,3)9-7-10-14(16,4)5/h12H,6-11,15H2,1-5H3. The van der Waals surface area contributed by atoms with Gasteiger partial charge in [0.1, 0.15) is 0 Å². The van der Waals surface area contributed by atoms with Crippen LogP contribution in [0.4, 0.5) is 0 Å². The fraction of sp³-hybridized carbons (Fsp3) is 1.00. The Labute approximate surface area is 102 Å². The van der Waals surface area contributed by atoms with Crippen molar-refractivity contribution < 1.29 is 0 Å². The third kappa shape index (κ3) is 3.21. The highest BCUT2D eigenvalue weighted by molar-refractivity contribution is 4.96. The number of hydrogen-bond acceptors (Lipinski definition) is 2. The van der Waals surface area contributed by atoms with Gasteiger partial charge in [-0.3, -0.25) is 4.90 Å². The molecule has 0 spiro atoms. The molecule has 0 aromatic rings. The summed E-state index contributed by atoms with van der Waals surface area (Å²) in [6.07, 6.45) is 6.21. The summed E-state index contributed by atoms with van der Waals surface area (Å²) in [5.41, 5.74) is 6.73. The molecule has 16 heavy (non-hydrogen) atoms. The normalized spacial score (nSPS) is 26.6. The van der Waals surface area contributed by atoms with Crippen LogP contribution in [0.1, 0.15) is 66.7 Å². The second kappa shape index (κ2) is 5.05. The van der Waals surface area contributed by atoms with Crippen molar-refractivity contribution in [3.63, 3.8) is 0 Å². The lowest BCUT2D eigenvalue weighted by Crippen LogP contribution is -2.59. The number of nitrogens with zero attached hydrogens (tertiary/aromatic N) is 1. The molecule has 2 nitrogen and oxygen atoms in total. The van der Waals surface area contributed by atoms with E-state index in [0.29, 0.717) is 17.1 Å². The molecule has 0 aliphatic carbocycles. The lowest BCUT2D eigenvalue weighted by molar-refractivity contribution is -0.0283. The smallest absolute Gasteiger partial charge is 0.0158 e. The van der Waals surface area contributed by atoms with Crippen LogP contribution in [0.25, 0.3) is 0 Å². The van der Waals surface area contributed by atoms with Gasteiger partial charge in [0.25, 0.3) is 0 Å². The van der Waals surface area contributed by atoms with Crippen LogP contribution < -0.4 is 5.73 Å². The van der Waals surface area contributed by atoms with E-state index in [4.69, 9.17) is 5.73 Å². The maximum atomic E-state index is 6.04. The predicted octanol–water partition coefficient (Wildman–Crippen LogP) is 3.16. The van der Waals surface area contributed by atoms with Crippen LogP contribution in [0.3, 0.4) is 0 Å². The zero-order chi connectivity index (χ0) is 12.4. The Morgan fingerprint density at radius 3 is 2.06 bits per heavy atom. The van der Waals surface area contributed by atoms with E-state index in [0.717, 1.165) is 19.4 Å². The quantitative estimate of drug-likeness (QED) is 0.798. The Kier molecular flexibility index (Phi) is 4.42. The van der Waals surface area contributed by atoms with Crippen LogP contribution in [-0.2, 0) is 0 Å². The predicted molar refractivity (Wildman–Crippen MR) is 71.6 cm³/mol. The minimum atomic E-state index is 0.342. The Morgan fingerprint density at radius 2 is 1.62 bits per heavy atom. The Balaban J connectivity index is 2.64. The number of piperidine rings is 1. The molecule has 1 saturated heterocycles. The maximum absolute atomic E-state index is 6.04. The van der Waals surface area contributed by atoms with Crippen molar-refractivity contribution >= 4 is 0 Å². The molecule has 0 bridgehead atoms. The molecule has 1 atom stereocenters. The lowest BCUT2D eigenvalue weighted by atomic mass is 9.79. The van der Waals surface area contributed by atoms with E-state index in [1.165, 1.54) is 19.3 Å². The first-order chi connectivity index (χ1) is 7.29. The molecule has 1 heterocycles. The molecule has 0 aromatic carbocycles. The van der Waals surface area contributed by atoms with Crippen LogP contribution in [0.5, 0.6) is 0 Å². The highest BCUT2D eigenvalue weighted by Crippen LogP contribution is 2.38. The first-order valence-electron chi connectivity index (χ1n) is 6.83. The average Bonchev–Trinajstić information content (AvgIpc) is 2.14. The van der Waals surface area contributed by atoms with Gasteiger partial charge in [0.2, 0.25) is 0 Å². The van der Waals surface area contributed by atoms with Gasteiger partial charge in [0.15, 0.2) is 0 Å². The van der Waals surface area contributed by atoms with Gasteiger partial charge in [-0.25, -0.2) is 0 Å². The van der Waals surface area contributed by atoms with Crippen molar-refractivity contribution in [3.05, 3.63) is 0 Å². The van der Waals surface area contributed by atoms with Gasteiger partial charge in [-0.2, -0.15) is 0 Å². The van der Waals surface area contributed by atoms with E-state index in [1.807, 2.05) is 0 Å². The second-order valence-electron chi connectivity index (χ2n) is 6.59. The molecule has 1 aliphatic heterocycles. The van der Waals surface area contributed by atoms with Crippen LogP contribution in [0.15, 0.2) is 0 Å². The summed E-state index contributed by atoms with van der Waals surface area (Å²) in [5, 5.41) is 0. The van der Waals surface area contributed by atoms with Crippen LogP contribution in [-0.4, -0.2) is 28.6 Å². The molecule has 96 valence electrons. The van der Waals surface area contributed by atoms with Crippen molar-refractivity contribution in [3.8, 4) is 0 Å². The molecule has 0 radical (unpaired) electrons. The number of nitrogens with two attached hydrogens (primary N) is 1. The van der Waals surface area contributed by atoms with E-state index < -0.39 is 0 Å². The highest BCUT2D eigenvalue weighted by Gasteiger charge is 2.40. The van der Waals surface area contributed by atoms with Gasteiger partial charge in [-0.1, -0.05) is 6.92 Å². The van der Waals surface area contributed by atoms with Crippen molar-refractivity contribution in [1.29, 1.82) is 0 Å². The average molecular weight is 226 g/mol. The summed E-state index contributed by atoms with van der Waals surface area (Å²) in [4.78, 5) is 2.68. The Bertz CT molecular complexity index is 205. The third-order valence-electron chi connectivity index (χ3n) is 4.29. The van der Waals surface area contributed by atoms with Crippen molar-refractivity contribution in [2.24, 2.45) is 5.73 Å². The molecule has 1 unspecified atom stereocenters. The van der Waals surface area contributed by atoms with Crippen molar-refractivity contribution in [2.45, 2.75) is 83.8 Å². The summed E-state index contributed by atoms with van der Waals surface area (Å²) in [6, 6.07) is 0.369. The summed E-state index contributed by atoms with van der Waals surface area (Å²) < 4.78 is 0. The second-order valence-corrected chi connectivity index (χ2v) is 6.59. The molecule has 0 aromatic heterocycles. The van der Waals surface area contributed by atoms with Gasteiger partial charge in [-0.15, -0.1) is 0 Å². The first-order valence-corrected chi connectivity index (χ1v) is 6.83. The van der Waals surface area contributed by atoms with E-state index in [1.54, 1.807) is 0 Å². The van der Waals surface area contributed by atoms with Gasteiger partial charge in [-0.05, 0) is 59.8 Å². The summed E-state index contributed by atoms with van der Waals surface area (Å²) in [6.45, 7) is 12.8. The van der Waals surface area contributed by atoms with Crippen molar-refractivity contribution in [1.82, 2.24) is 4.90 Å². The summed E-state index contributed by atoms with van der Waals surface area (Å²) in [7, 11) is 0. The highest BCUT2D eigenvalue weighted by atomic mass is 15.3. The molecule has 0 amide bonds. The molecular weight excluding hydrogens is 196 g/mol. The van der Waals surface area contributed by atoms with Gasteiger partial charge >= 0.3 is 0 Å². The molecular formula is C14H30N2. The molecule has 2 heteroatoms. The number of likely N-dealkylation sites (tertiary alicyclic amines) is 1. The molecule has 1 fully saturated rings. The minimum Gasteiger partial charge on any atom is -0.328 e. The lowest BCUT2D eigenvalue weighted by Gasteiger charge is -2.53. The van der Waals surface area contributed by atoms with Crippen LogP contribution in [0, 0.1) is 0 Å². The fourth-order valence-corrected chi connectivity index (χ4v) is 3.15. The number of rotatable bonds is 4. The van der Waals surface area contributed by atoms with Gasteiger partial charge in [0.05, 0.1) is 0 Å². The Morgan fingerprint density at radius 1 is 1.12 bits per heavy atom. The van der Waals surface area contributed by atoms with Crippen LogP contribution >= 0.6 is 0 Å². The van der Waals surface area contributed by atoms with E-state index >= 15 is 0 Å². The summed E-state index contributed by atoms with van der Waals surface area (Å²) >= 11 is 0. The fourth-order valence-electron chi connectivity index (χ4n) is 3.15. The summed E-state index contributed by atoms with van der Waals surface area (Å²) in [5.74, 6) is 0. The molecule has 0 saturated carbocycles. The van der Waals surface area contributed by atoms with Crippen LogP contribution in [0.2, 0.25) is 0 Å². The molecule has 1 aliphatic rings. The largest absolute Gasteiger partial charge is 0.328 e. The Hall–Kier alpha value is -0.0800. The van der Waals surface area contributed by atoms with E-state index in [2.05, 4.69) is 39.5 Å². The number of hydrogen-bond donors (Lipinski definition) is 1.